The maximum atomic E-state index is 11.6. The Balaban J connectivity index is 2.43. The first kappa shape index (κ1) is 15.3. The lowest BCUT2D eigenvalue weighted by Crippen LogP contribution is -2.39. The molecule has 0 bridgehead atoms. The van der Waals surface area contributed by atoms with Crippen LogP contribution in [0.15, 0.2) is 18.2 Å². The largest absolute Gasteiger partial charge is 0.496 e. The van der Waals surface area contributed by atoms with Gasteiger partial charge in [0.2, 0.25) is 0 Å². The van der Waals surface area contributed by atoms with E-state index >= 15 is 0 Å². The standard InChI is InChI=1S/C14H22N2O3/c1-11-4-5-12(10-13(11)19-3)6-7-15-14(18)16(2)8-9-17/h4-5,10,17H,6-9H2,1-3H3,(H,15,18). The van der Waals surface area contributed by atoms with Crippen LogP contribution in [0, 0.1) is 6.92 Å². The average Bonchev–Trinajstić information content (AvgIpc) is 2.40. The predicted octanol–water partition coefficient (Wildman–Crippen LogP) is 1.18. The number of benzene rings is 1. The number of rotatable bonds is 6. The van der Waals surface area contributed by atoms with E-state index in [1.165, 1.54) is 4.90 Å². The number of carbonyl (C=O) groups is 1. The van der Waals surface area contributed by atoms with Crippen molar-refractivity contribution in [1.29, 1.82) is 0 Å². The second kappa shape index (κ2) is 7.63. The fourth-order valence-corrected chi connectivity index (χ4v) is 1.72. The van der Waals surface area contributed by atoms with Crippen LogP contribution in [0.1, 0.15) is 11.1 Å². The number of hydrogen-bond donors (Lipinski definition) is 2. The summed E-state index contributed by atoms with van der Waals surface area (Å²) < 4.78 is 5.26. The Bertz CT molecular complexity index is 421. The van der Waals surface area contributed by atoms with Crippen molar-refractivity contribution in [1.82, 2.24) is 10.2 Å². The number of nitrogens with one attached hydrogen (secondary N) is 1. The molecule has 0 saturated heterocycles. The molecule has 1 aromatic rings. The number of hydrogen-bond acceptors (Lipinski definition) is 3. The summed E-state index contributed by atoms with van der Waals surface area (Å²) >= 11 is 0. The lowest BCUT2D eigenvalue weighted by molar-refractivity contribution is 0.190. The number of aryl methyl sites for hydroxylation is 1. The summed E-state index contributed by atoms with van der Waals surface area (Å²) in [6, 6.07) is 5.85. The number of likely N-dealkylation sites (N-methyl/N-ethyl adjacent to an activating group) is 1. The van der Waals surface area contributed by atoms with Gasteiger partial charge in [-0.1, -0.05) is 12.1 Å². The van der Waals surface area contributed by atoms with E-state index in [2.05, 4.69) is 5.32 Å². The smallest absolute Gasteiger partial charge is 0.317 e. The number of aliphatic hydroxyl groups is 1. The van der Waals surface area contributed by atoms with E-state index in [1.54, 1.807) is 14.2 Å². The van der Waals surface area contributed by atoms with Crippen molar-refractivity contribution in [2.45, 2.75) is 13.3 Å². The molecule has 0 radical (unpaired) electrons. The molecule has 1 aromatic carbocycles. The van der Waals surface area contributed by atoms with Crippen molar-refractivity contribution in [3.63, 3.8) is 0 Å². The Kier molecular flexibility index (Phi) is 6.15. The van der Waals surface area contributed by atoms with Crippen LogP contribution in [-0.4, -0.2) is 49.9 Å². The van der Waals surface area contributed by atoms with Crippen molar-refractivity contribution in [2.24, 2.45) is 0 Å². The number of ether oxygens (including phenoxy) is 1. The van der Waals surface area contributed by atoms with Gasteiger partial charge in [0.15, 0.2) is 0 Å². The van der Waals surface area contributed by atoms with Gasteiger partial charge in [0.1, 0.15) is 5.75 Å². The third-order valence-electron chi connectivity index (χ3n) is 2.94. The van der Waals surface area contributed by atoms with Gasteiger partial charge in [0.25, 0.3) is 0 Å². The lowest BCUT2D eigenvalue weighted by Gasteiger charge is -2.16. The molecular weight excluding hydrogens is 244 g/mol. The molecule has 5 nitrogen and oxygen atoms in total. The highest BCUT2D eigenvalue weighted by Crippen LogP contribution is 2.18. The summed E-state index contributed by atoms with van der Waals surface area (Å²) in [7, 11) is 3.30. The normalized spacial score (nSPS) is 10.1. The molecule has 5 heteroatoms. The quantitative estimate of drug-likeness (QED) is 0.812. The maximum absolute atomic E-state index is 11.6. The zero-order valence-electron chi connectivity index (χ0n) is 11.8. The first-order chi connectivity index (χ1) is 9.08. The van der Waals surface area contributed by atoms with E-state index < -0.39 is 0 Å². The van der Waals surface area contributed by atoms with Crippen molar-refractivity contribution in [2.75, 3.05) is 33.9 Å². The molecule has 0 fully saturated rings. The van der Waals surface area contributed by atoms with Gasteiger partial charge >= 0.3 is 6.03 Å². The molecule has 0 aliphatic carbocycles. The zero-order valence-corrected chi connectivity index (χ0v) is 11.8. The number of amides is 2. The zero-order chi connectivity index (χ0) is 14.3. The van der Waals surface area contributed by atoms with Crippen molar-refractivity contribution < 1.29 is 14.6 Å². The van der Waals surface area contributed by atoms with Crippen LogP contribution in [0.5, 0.6) is 5.75 Å². The highest BCUT2D eigenvalue weighted by Gasteiger charge is 2.06. The summed E-state index contributed by atoms with van der Waals surface area (Å²) in [5.41, 5.74) is 2.21. The molecule has 106 valence electrons. The van der Waals surface area contributed by atoms with Crippen LogP contribution in [-0.2, 0) is 6.42 Å². The van der Waals surface area contributed by atoms with Crippen molar-refractivity contribution in [3.05, 3.63) is 29.3 Å². The summed E-state index contributed by atoms with van der Waals surface area (Å²) in [5, 5.41) is 11.5. The number of carbonyl (C=O) groups excluding carboxylic acids is 1. The van der Waals surface area contributed by atoms with Crippen LogP contribution in [0.4, 0.5) is 4.79 Å². The van der Waals surface area contributed by atoms with Gasteiger partial charge in [-0.25, -0.2) is 4.79 Å². The molecule has 0 saturated carbocycles. The highest BCUT2D eigenvalue weighted by molar-refractivity contribution is 5.73. The number of urea groups is 1. The van der Waals surface area contributed by atoms with Gasteiger partial charge in [0, 0.05) is 20.1 Å². The summed E-state index contributed by atoms with van der Waals surface area (Å²) in [5.74, 6) is 0.862. The molecule has 2 N–H and O–H groups in total. The second-order valence-electron chi connectivity index (χ2n) is 4.43. The molecule has 0 heterocycles. The molecule has 19 heavy (non-hydrogen) atoms. The molecule has 0 aliphatic rings. The molecule has 0 spiro atoms. The minimum Gasteiger partial charge on any atom is -0.496 e. The van der Waals surface area contributed by atoms with E-state index in [0.29, 0.717) is 13.1 Å². The van der Waals surface area contributed by atoms with Crippen LogP contribution < -0.4 is 10.1 Å². The van der Waals surface area contributed by atoms with E-state index in [-0.39, 0.29) is 12.6 Å². The predicted molar refractivity (Wildman–Crippen MR) is 74.5 cm³/mol. The van der Waals surface area contributed by atoms with E-state index in [0.717, 1.165) is 23.3 Å². The van der Waals surface area contributed by atoms with Crippen LogP contribution in [0.3, 0.4) is 0 Å². The summed E-state index contributed by atoms with van der Waals surface area (Å²) in [6.07, 6.45) is 0.745. The van der Waals surface area contributed by atoms with E-state index in [4.69, 9.17) is 9.84 Å². The fraction of sp³-hybridized carbons (Fsp3) is 0.500. The van der Waals surface area contributed by atoms with Crippen LogP contribution in [0.25, 0.3) is 0 Å². The summed E-state index contributed by atoms with van der Waals surface area (Å²) in [6.45, 7) is 2.86. The van der Waals surface area contributed by atoms with Gasteiger partial charge in [-0.05, 0) is 30.5 Å². The van der Waals surface area contributed by atoms with Crippen molar-refractivity contribution in [3.8, 4) is 5.75 Å². The van der Waals surface area contributed by atoms with Crippen LogP contribution in [0.2, 0.25) is 0 Å². The number of methoxy groups -OCH3 is 1. The Morgan fingerprint density at radius 3 is 2.84 bits per heavy atom. The molecular formula is C14H22N2O3. The molecule has 2 amide bonds. The average molecular weight is 266 g/mol. The Hall–Kier alpha value is -1.75. The molecule has 1 rings (SSSR count). The third-order valence-corrected chi connectivity index (χ3v) is 2.94. The lowest BCUT2D eigenvalue weighted by atomic mass is 10.1. The van der Waals surface area contributed by atoms with E-state index in [1.807, 2.05) is 25.1 Å². The number of nitrogens with zero attached hydrogens (tertiary/aromatic N) is 1. The van der Waals surface area contributed by atoms with Crippen molar-refractivity contribution >= 4 is 6.03 Å². The molecule has 0 unspecified atom stereocenters. The number of aliphatic hydroxyl groups excluding tert-OH is 1. The minimum atomic E-state index is -0.173. The molecule has 0 aliphatic heterocycles. The Morgan fingerprint density at radius 1 is 1.47 bits per heavy atom. The van der Waals surface area contributed by atoms with Gasteiger partial charge in [-0.2, -0.15) is 0 Å². The molecule has 0 atom stereocenters. The first-order valence-corrected chi connectivity index (χ1v) is 6.31. The topological polar surface area (TPSA) is 61.8 Å². The van der Waals surface area contributed by atoms with Gasteiger partial charge < -0.3 is 20.1 Å². The maximum Gasteiger partial charge on any atom is 0.317 e. The molecule has 0 aromatic heterocycles. The van der Waals surface area contributed by atoms with Gasteiger partial charge in [-0.3, -0.25) is 0 Å². The fourth-order valence-electron chi connectivity index (χ4n) is 1.72. The van der Waals surface area contributed by atoms with Crippen LogP contribution >= 0.6 is 0 Å². The second-order valence-corrected chi connectivity index (χ2v) is 4.43. The highest BCUT2D eigenvalue weighted by atomic mass is 16.5. The Morgan fingerprint density at radius 2 is 2.21 bits per heavy atom. The van der Waals surface area contributed by atoms with Gasteiger partial charge in [-0.15, -0.1) is 0 Å². The SMILES string of the molecule is COc1cc(CCNC(=O)N(C)CCO)ccc1C. The summed E-state index contributed by atoms with van der Waals surface area (Å²) in [4.78, 5) is 13.0. The third kappa shape index (κ3) is 4.79. The minimum absolute atomic E-state index is 0.0287. The Labute approximate surface area is 114 Å². The monoisotopic (exact) mass is 266 g/mol. The van der Waals surface area contributed by atoms with E-state index in [9.17, 15) is 4.79 Å². The first-order valence-electron chi connectivity index (χ1n) is 6.31. The van der Waals surface area contributed by atoms with Gasteiger partial charge in [0.05, 0.1) is 13.7 Å².